The summed E-state index contributed by atoms with van der Waals surface area (Å²) >= 11 is 0. The van der Waals surface area contributed by atoms with Crippen LogP contribution in [0.4, 0.5) is 0 Å². The fourth-order valence-electron chi connectivity index (χ4n) is 1.94. The number of para-hydroxylation sites is 1. The van der Waals surface area contributed by atoms with Crippen LogP contribution in [0, 0.1) is 5.92 Å². The van der Waals surface area contributed by atoms with Gasteiger partial charge in [0.15, 0.2) is 0 Å². The van der Waals surface area contributed by atoms with Crippen LogP contribution < -0.4 is 5.73 Å². The van der Waals surface area contributed by atoms with Gasteiger partial charge in [-0.2, -0.15) is 5.10 Å². The Hall–Kier alpha value is -1.39. The van der Waals surface area contributed by atoms with Crippen molar-refractivity contribution in [3.05, 3.63) is 30.0 Å². The van der Waals surface area contributed by atoms with Crippen molar-refractivity contribution in [3.8, 4) is 0 Å². The Labute approximate surface area is 94.7 Å². The fraction of sp³-hybridized carbons (Fsp3) is 0.417. The SMILES string of the molecule is Cn1nc(CC(CN)CO)c2ccccc21. The normalized spacial score (nSPS) is 13.2. The Morgan fingerprint density at radius 2 is 2.19 bits per heavy atom. The number of fused-ring (bicyclic) bond motifs is 1. The molecule has 0 aliphatic heterocycles. The van der Waals surface area contributed by atoms with Crippen molar-refractivity contribution in [2.75, 3.05) is 13.2 Å². The number of hydrogen-bond donors (Lipinski definition) is 2. The van der Waals surface area contributed by atoms with E-state index in [0.29, 0.717) is 6.54 Å². The molecule has 3 N–H and O–H groups in total. The molecule has 1 aromatic carbocycles. The van der Waals surface area contributed by atoms with Crippen LogP contribution in [-0.2, 0) is 13.5 Å². The van der Waals surface area contributed by atoms with E-state index in [1.165, 1.54) is 0 Å². The summed E-state index contributed by atoms with van der Waals surface area (Å²) in [6.45, 7) is 0.600. The Kier molecular flexibility index (Phi) is 3.22. The lowest BCUT2D eigenvalue weighted by Crippen LogP contribution is -2.20. The smallest absolute Gasteiger partial charge is 0.0707 e. The van der Waals surface area contributed by atoms with Crippen LogP contribution in [0.1, 0.15) is 5.69 Å². The minimum atomic E-state index is 0.0957. The van der Waals surface area contributed by atoms with Crippen molar-refractivity contribution in [1.29, 1.82) is 0 Å². The van der Waals surface area contributed by atoms with Gasteiger partial charge in [-0.05, 0) is 24.9 Å². The summed E-state index contributed by atoms with van der Waals surface area (Å²) in [6, 6.07) is 8.11. The van der Waals surface area contributed by atoms with E-state index in [-0.39, 0.29) is 12.5 Å². The predicted octanol–water partition coefficient (Wildman–Crippen LogP) is 0.683. The lowest BCUT2D eigenvalue weighted by Gasteiger charge is -2.08. The Morgan fingerprint density at radius 3 is 2.88 bits per heavy atom. The summed E-state index contributed by atoms with van der Waals surface area (Å²) in [6.07, 6.45) is 0.731. The van der Waals surface area contributed by atoms with Gasteiger partial charge in [0.05, 0.1) is 11.2 Å². The monoisotopic (exact) mass is 219 g/mol. The highest BCUT2D eigenvalue weighted by molar-refractivity contribution is 5.81. The quantitative estimate of drug-likeness (QED) is 0.795. The van der Waals surface area contributed by atoms with Crippen molar-refractivity contribution in [2.24, 2.45) is 18.7 Å². The average Bonchev–Trinajstić information content (AvgIpc) is 2.64. The molecule has 2 aromatic rings. The van der Waals surface area contributed by atoms with Gasteiger partial charge in [-0.1, -0.05) is 18.2 Å². The molecule has 1 atom stereocenters. The molecule has 4 heteroatoms. The zero-order valence-electron chi connectivity index (χ0n) is 9.43. The van der Waals surface area contributed by atoms with Gasteiger partial charge in [0.25, 0.3) is 0 Å². The van der Waals surface area contributed by atoms with E-state index in [0.717, 1.165) is 23.0 Å². The summed E-state index contributed by atoms with van der Waals surface area (Å²) < 4.78 is 1.87. The second kappa shape index (κ2) is 4.63. The van der Waals surface area contributed by atoms with E-state index in [9.17, 15) is 0 Å². The number of nitrogens with two attached hydrogens (primary N) is 1. The third-order valence-electron chi connectivity index (χ3n) is 2.91. The first-order chi connectivity index (χ1) is 7.76. The van der Waals surface area contributed by atoms with Gasteiger partial charge in [-0.25, -0.2) is 0 Å². The first kappa shape index (κ1) is 11.1. The third-order valence-corrected chi connectivity index (χ3v) is 2.91. The molecule has 0 aliphatic rings. The predicted molar refractivity (Wildman–Crippen MR) is 64.0 cm³/mol. The van der Waals surface area contributed by atoms with Gasteiger partial charge in [0.2, 0.25) is 0 Å². The summed E-state index contributed by atoms with van der Waals surface area (Å²) in [4.78, 5) is 0. The maximum absolute atomic E-state index is 9.15. The van der Waals surface area contributed by atoms with Gasteiger partial charge in [0, 0.05) is 19.0 Å². The number of benzene rings is 1. The maximum atomic E-state index is 9.15. The standard InChI is InChI=1S/C12H17N3O/c1-15-12-5-3-2-4-10(12)11(14-15)6-9(7-13)8-16/h2-5,9,16H,6-8,13H2,1H3. The largest absolute Gasteiger partial charge is 0.396 e. The molecule has 0 saturated carbocycles. The van der Waals surface area contributed by atoms with E-state index < -0.39 is 0 Å². The molecule has 0 saturated heterocycles. The molecule has 4 nitrogen and oxygen atoms in total. The highest BCUT2D eigenvalue weighted by Gasteiger charge is 2.12. The molecular formula is C12H17N3O. The highest BCUT2D eigenvalue weighted by atomic mass is 16.3. The van der Waals surface area contributed by atoms with Crippen molar-refractivity contribution in [2.45, 2.75) is 6.42 Å². The first-order valence-electron chi connectivity index (χ1n) is 5.47. The molecule has 0 radical (unpaired) electrons. The number of nitrogens with zero attached hydrogens (tertiary/aromatic N) is 2. The van der Waals surface area contributed by atoms with E-state index in [1.807, 2.05) is 29.9 Å². The fourth-order valence-corrected chi connectivity index (χ4v) is 1.94. The van der Waals surface area contributed by atoms with E-state index >= 15 is 0 Å². The number of aliphatic hydroxyl groups excluding tert-OH is 1. The Morgan fingerprint density at radius 1 is 1.44 bits per heavy atom. The number of aromatic nitrogens is 2. The molecule has 1 unspecified atom stereocenters. The first-order valence-corrected chi connectivity index (χ1v) is 5.47. The number of hydrogen-bond acceptors (Lipinski definition) is 3. The summed E-state index contributed by atoms with van der Waals surface area (Å²) in [5, 5.41) is 14.8. The minimum absolute atomic E-state index is 0.0957. The van der Waals surface area contributed by atoms with Gasteiger partial charge in [-0.15, -0.1) is 0 Å². The summed E-state index contributed by atoms with van der Waals surface area (Å²) in [5.74, 6) is 0.0957. The number of rotatable bonds is 4. The topological polar surface area (TPSA) is 64.1 Å². The summed E-state index contributed by atoms with van der Waals surface area (Å²) in [7, 11) is 1.93. The van der Waals surface area contributed by atoms with Crippen LogP contribution >= 0.6 is 0 Å². The maximum Gasteiger partial charge on any atom is 0.0707 e. The third kappa shape index (κ3) is 1.94. The molecule has 86 valence electrons. The second-order valence-corrected chi connectivity index (χ2v) is 4.08. The van der Waals surface area contributed by atoms with Crippen LogP contribution in [0.2, 0.25) is 0 Å². The van der Waals surface area contributed by atoms with Crippen molar-refractivity contribution in [1.82, 2.24) is 9.78 Å². The molecule has 16 heavy (non-hydrogen) atoms. The summed E-state index contributed by atoms with van der Waals surface area (Å²) in [5.41, 5.74) is 7.72. The lowest BCUT2D eigenvalue weighted by molar-refractivity contribution is 0.229. The molecule has 0 bridgehead atoms. The van der Waals surface area contributed by atoms with Crippen molar-refractivity contribution in [3.63, 3.8) is 0 Å². The van der Waals surface area contributed by atoms with E-state index in [2.05, 4.69) is 11.2 Å². The van der Waals surface area contributed by atoms with Gasteiger partial charge >= 0.3 is 0 Å². The van der Waals surface area contributed by atoms with Gasteiger partial charge in [-0.3, -0.25) is 4.68 Å². The second-order valence-electron chi connectivity index (χ2n) is 4.08. The average molecular weight is 219 g/mol. The number of aryl methyl sites for hydroxylation is 1. The molecule has 0 fully saturated rings. The van der Waals surface area contributed by atoms with Crippen LogP contribution in [0.25, 0.3) is 10.9 Å². The van der Waals surface area contributed by atoms with Crippen LogP contribution in [0.5, 0.6) is 0 Å². The molecule has 0 aliphatic carbocycles. The Balaban J connectivity index is 2.37. The van der Waals surface area contributed by atoms with Crippen LogP contribution in [0.3, 0.4) is 0 Å². The molecule has 0 spiro atoms. The molecule has 2 rings (SSSR count). The van der Waals surface area contributed by atoms with Crippen molar-refractivity contribution < 1.29 is 5.11 Å². The van der Waals surface area contributed by atoms with Crippen molar-refractivity contribution >= 4 is 10.9 Å². The zero-order valence-corrected chi connectivity index (χ0v) is 9.43. The molecular weight excluding hydrogens is 202 g/mol. The van der Waals surface area contributed by atoms with E-state index in [4.69, 9.17) is 10.8 Å². The number of aliphatic hydroxyl groups is 1. The molecule has 1 heterocycles. The van der Waals surface area contributed by atoms with Gasteiger partial charge in [0.1, 0.15) is 0 Å². The van der Waals surface area contributed by atoms with E-state index in [1.54, 1.807) is 0 Å². The van der Waals surface area contributed by atoms with Crippen LogP contribution in [-0.4, -0.2) is 28.0 Å². The van der Waals surface area contributed by atoms with Gasteiger partial charge < -0.3 is 10.8 Å². The zero-order chi connectivity index (χ0) is 11.5. The molecule has 0 amide bonds. The lowest BCUT2D eigenvalue weighted by atomic mass is 10.0. The van der Waals surface area contributed by atoms with Crippen LogP contribution in [0.15, 0.2) is 24.3 Å². The minimum Gasteiger partial charge on any atom is -0.396 e. The Bertz CT molecular complexity index is 474. The highest BCUT2D eigenvalue weighted by Crippen LogP contribution is 2.19. The molecule has 1 aromatic heterocycles.